The van der Waals surface area contributed by atoms with Crippen molar-refractivity contribution in [2.75, 3.05) is 14.2 Å². The van der Waals surface area contributed by atoms with Crippen LogP contribution < -0.4 is 5.32 Å². The highest BCUT2D eigenvalue weighted by Gasteiger charge is 2.19. The minimum absolute atomic E-state index is 0.110. The van der Waals surface area contributed by atoms with Crippen LogP contribution in [0.4, 0.5) is 0 Å². The van der Waals surface area contributed by atoms with E-state index in [-0.39, 0.29) is 5.91 Å². The Kier molecular flexibility index (Phi) is 8.44. The lowest BCUT2D eigenvalue weighted by atomic mass is 9.97. The van der Waals surface area contributed by atoms with Crippen LogP contribution in [0.15, 0.2) is 12.1 Å². The molecule has 1 aromatic rings. The molecular weight excluding hydrogens is 262 g/mol. The van der Waals surface area contributed by atoms with Gasteiger partial charge in [-0.25, -0.2) is 0 Å². The molecule has 0 saturated carbocycles. The van der Waals surface area contributed by atoms with Crippen LogP contribution in [-0.2, 0) is 16.0 Å². The monoisotopic (exact) mass is 285 g/mol. The first kappa shape index (κ1) is 17.9. The average molecular weight is 286 g/mol. The molecular formula is C15H24ClNO2. The number of nitrogens with one attached hydrogen (secondary N) is 1. The number of methoxy groups -OCH3 is 1. The van der Waals surface area contributed by atoms with Gasteiger partial charge in [-0.05, 0) is 42.7 Å². The highest BCUT2D eigenvalue weighted by atomic mass is 35.5. The predicted octanol–water partition coefficient (Wildman–Crippen LogP) is 3.29. The summed E-state index contributed by atoms with van der Waals surface area (Å²) < 4.78 is 5.20. The first-order chi connectivity index (χ1) is 8.99. The molecule has 1 aromatic carbocycles. The van der Waals surface area contributed by atoms with E-state index in [0.717, 1.165) is 21.7 Å². The van der Waals surface area contributed by atoms with Crippen molar-refractivity contribution >= 4 is 17.5 Å². The Balaban J connectivity index is 0.00000154. The van der Waals surface area contributed by atoms with Gasteiger partial charge in [0.25, 0.3) is 0 Å². The van der Waals surface area contributed by atoms with E-state index in [1.807, 2.05) is 39.8 Å². The van der Waals surface area contributed by atoms with Crippen LogP contribution in [0.5, 0.6) is 0 Å². The second kappa shape index (κ2) is 8.94. The van der Waals surface area contributed by atoms with Gasteiger partial charge in [-0.1, -0.05) is 25.4 Å². The third kappa shape index (κ3) is 5.21. The van der Waals surface area contributed by atoms with Gasteiger partial charge in [0, 0.05) is 25.6 Å². The van der Waals surface area contributed by atoms with Crippen molar-refractivity contribution in [1.82, 2.24) is 5.32 Å². The van der Waals surface area contributed by atoms with Crippen molar-refractivity contribution < 1.29 is 9.53 Å². The number of hydrogen-bond donors (Lipinski definition) is 1. The summed E-state index contributed by atoms with van der Waals surface area (Å²) >= 11 is 5.97. The number of carbonyl (C=O) groups excluding carboxylic acids is 1. The molecule has 19 heavy (non-hydrogen) atoms. The molecule has 4 heteroatoms. The molecule has 0 bridgehead atoms. The van der Waals surface area contributed by atoms with Crippen molar-refractivity contribution in [3.63, 3.8) is 0 Å². The van der Waals surface area contributed by atoms with Crippen LogP contribution in [0, 0.1) is 13.8 Å². The molecule has 0 heterocycles. The first-order valence-corrected chi connectivity index (χ1v) is 6.87. The van der Waals surface area contributed by atoms with Gasteiger partial charge in [0.1, 0.15) is 6.10 Å². The van der Waals surface area contributed by atoms with E-state index in [1.54, 1.807) is 14.2 Å². The van der Waals surface area contributed by atoms with E-state index in [9.17, 15) is 4.79 Å². The van der Waals surface area contributed by atoms with E-state index in [2.05, 4.69) is 5.32 Å². The fourth-order valence-electron chi connectivity index (χ4n) is 1.89. The number of hydrogen-bond acceptors (Lipinski definition) is 2. The summed E-state index contributed by atoms with van der Waals surface area (Å²) in [6.45, 7) is 7.98. The van der Waals surface area contributed by atoms with Crippen molar-refractivity contribution in [3.8, 4) is 0 Å². The number of halogens is 1. The van der Waals surface area contributed by atoms with Crippen LogP contribution in [0.2, 0.25) is 5.02 Å². The van der Waals surface area contributed by atoms with Crippen molar-refractivity contribution in [1.29, 1.82) is 0 Å². The maximum absolute atomic E-state index is 11.6. The maximum atomic E-state index is 11.6. The molecule has 0 spiro atoms. The zero-order valence-electron chi connectivity index (χ0n) is 12.6. The van der Waals surface area contributed by atoms with Crippen LogP contribution in [-0.4, -0.2) is 26.2 Å². The third-order valence-electron chi connectivity index (χ3n) is 2.87. The molecule has 0 saturated heterocycles. The Morgan fingerprint density at radius 1 is 1.32 bits per heavy atom. The lowest BCUT2D eigenvalue weighted by Gasteiger charge is -2.17. The number of rotatable bonds is 4. The summed E-state index contributed by atoms with van der Waals surface area (Å²) in [5.41, 5.74) is 3.28. The highest BCUT2D eigenvalue weighted by Crippen LogP contribution is 2.21. The van der Waals surface area contributed by atoms with Gasteiger partial charge in [-0.2, -0.15) is 0 Å². The molecule has 1 unspecified atom stereocenters. The first-order valence-electron chi connectivity index (χ1n) is 6.49. The van der Waals surface area contributed by atoms with Crippen LogP contribution in [0.3, 0.4) is 0 Å². The molecule has 0 radical (unpaired) electrons. The zero-order valence-corrected chi connectivity index (χ0v) is 13.4. The number of benzene rings is 1. The summed E-state index contributed by atoms with van der Waals surface area (Å²) in [5, 5.41) is 3.32. The largest absolute Gasteiger partial charge is 0.371 e. The molecule has 0 aliphatic heterocycles. The molecule has 108 valence electrons. The topological polar surface area (TPSA) is 38.3 Å². The summed E-state index contributed by atoms with van der Waals surface area (Å²) in [4.78, 5) is 11.6. The maximum Gasteiger partial charge on any atom is 0.249 e. The van der Waals surface area contributed by atoms with Gasteiger partial charge in [0.2, 0.25) is 5.91 Å². The molecule has 1 amide bonds. The van der Waals surface area contributed by atoms with E-state index < -0.39 is 6.10 Å². The summed E-state index contributed by atoms with van der Waals surface area (Å²) in [5.74, 6) is -0.110. The Bertz CT molecular complexity index is 396. The van der Waals surface area contributed by atoms with E-state index >= 15 is 0 Å². The fraction of sp³-hybridized carbons (Fsp3) is 0.533. The minimum Gasteiger partial charge on any atom is -0.371 e. The molecule has 1 rings (SSSR count). The van der Waals surface area contributed by atoms with Crippen LogP contribution in [0.1, 0.15) is 30.5 Å². The molecule has 0 fully saturated rings. The van der Waals surface area contributed by atoms with Gasteiger partial charge in [0.15, 0.2) is 0 Å². The quantitative estimate of drug-likeness (QED) is 0.922. The smallest absolute Gasteiger partial charge is 0.249 e. The SMILES string of the molecule is CC.CNC(=O)C(Cc1c(C)cc(Cl)cc1C)OC. The average Bonchev–Trinajstić information content (AvgIpc) is 2.39. The summed E-state index contributed by atoms with van der Waals surface area (Å²) in [6.07, 6.45) is 0.101. The second-order valence-corrected chi connectivity index (χ2v) is 4.50. The molecule has 3 nitrogen and oxygen atoms in total. The van der Waals surface area contributed by atoms with Crippen molar-refractivity contribution in [2.45, 2.75) is 40.2 Å². The fourth-order valence-corrected chi connectivity index (χ4v) is 2.22. The Hall–Kier alpha value is -1.06. The highest BCUT2D eigenvalue weighted by molar-refractivity contribution is 6.30. The van der Waals surface area contributed by atoms with Gasteiger partial charge in [0.05, 0.1) is 0 Å². The number of likely N-dealkylation sites (N-methyl/N-ethyl adjacent to an activating group) is 1. The lowest BCUT2D eigenvalue weighted by molar-refractivity contribution is -0.130. The van der Waals surface area contributed by atoms with Gasteiger partial charge >= 0.3 is 0 Å². The van der Waals surface area contributed by atoms with Crippen LogP contribution in [0.25, 0.3) is 0 Å². The van der Waals surface area contributed by atoms with E-state index in [4.69, 9.17) is 16.3 Å². The number of amides is 1. The minimum atomic E-state index is -0.460. The van der Waals surface area contributed by atoms with Gasteiger partial charge in [-0.15, -0.1) is 0 Å². The van der Waals surface area contributed by atoms with Crippen LogP contribution >= 0.6 is 11.6 Å². The zero-order chi connectivity index (χ0) is 15.0. The number of aryl methyl sites for hydroxylation is 2. The second-order valence-electron chi connectivity index (χ2n) is 4.06. The molecule has 0 aromatic heterocycles. The molecule has 0 aliphatic carbocycles. The molecule has 1 N–H and O–H groups in total. The molecule has 1 atom stereocenters. The summed E-state index contributed by atoms with van der Waals surface area (Å²) in [7, 11) is 3.15. The predicted molar refractivity (Wildman–Crippen MR) is 80.8 cm³/mol. The Morgan fingerprint density at radius 3 is 2.16 bits per heavy atom. The van der Waals surface area contributed by atoms with Gasteiger partial charge in [-0.3, -0.25) is 4.79 Å². The van der Waals surface area contributed by atoms with Crippen molar-refractivity contribution in [2.24, 2.45) is 0 Å². The number of carbonyl (C=O) groups is 1. The summed E-state index contributed by atoms with van der Waals surface area (Å²) in [6, 6.07) is 3.81. The Labute approximate surface area is 121 Å². The van der Waals surface area contributed by atoms with Crippen molar-refractivity contribution in [3.05, 3.63) is 33.8 Å². The van der Waals surface area contributed by atoms with E-state index in [0.29, 0.717) is 6.42 Å². The lowest BCUT2D eigenvalue weighted by Crippen LogP contribution is -2.35. The number of ether oxygens (including phenoxy) is 1. The van der Waals surface area contributed by atoms with Gasteiger partial charge < -0.3 is 10.1 Å². The third-order valence-corrected chi connectivity index (χ3v) is 3.09. The molecule has 0 aliphatic rings. The Morgan fingerprint density at radius 2 is 1.79 bits per heavy atom. The van der Waals surface area contributed by atoms with E-state index in [1.165, 1.54) is 0 Å². The standard InChI is InChI=1S/C13H18ClNO2.C2H6/c1-8-5-10(14)6-9(2)11(8)7-12(17-4)13(16)15-3;1-2/h5-6,12H,7H2,1-4H3,(H,15,16);1-2H3. The normalized spacial score (nSPS) is 11.3.